The summed E-state index contributed by atoms with van der Waals surface area (Å²) in [5.41, 5.74) is 1.39. The van der Waals surface area contributed by atoms with Gasteiger partial charge < -0.3 is 0 Å². The first kappa shape index (κ1) is 12.4. The molecule has 0 heterocycles. The lowest BCUT2D eigenvalue weighted by Gasteiger charge is -2.02. The Morgan fingerprint density at radius 2 is 1.93 bits per heavy atom. The van der Waals surface area contributed by atoms with Gasteiger partial charge in [0.05, 0.1) is 0 Å². The molecule has 0 N–H and O–H groups in total. The third-order valence-corrected chi connectivity index (χ3v) is 2.91. The third-order valence-electron chi connectivity index (χ3n) is 2.42. The Morgan fingerprint density at radius 1 is 1.20 bits per heavy atom. The van der Waals surface area contributed by atoms with E-state index < -0.39 is 0 Å². The van der Waals surface area contributed by atoms with Gasteiger partial charge in [-0.05, 0) is 44.4 Å². The van der Waals surface area contributed by atoms with Gasteiger partial charge in [-0.3, -0.25) is 4.79 Å². The molecule has 0 aromatic heterocycles. The van der Waals surface area contributed by atoms with Crippen molar-refractivity contribution in [2.75, 3.05) is 0 Å². The molecule has 0 bridgehead atoms. The van der Waals surface area contributed by atoms with E-state index in [9.17, 15) is 4.79 Å². The highest BCUT2D eigenvalue weighted by Crippen LogP contribution is 2.16. The topological polar surface area (TPSA) is 17.1 Å². The van der Waals surface area contributed by atoms with E-state index in [1.165, 1.54) is 12.0 Å². The second-order valence-corrected chi connectivity index (χ2v) is 4.84. The Labute approximate surface area is 100 Å². The fourth-order valence-corrected chi connectivity index (χ4v) is 2.11. The van der Waals surface area contributed by atoms with Gasteiger partial charge in [-0.15, -0.1) is 0 Å². The fourth-order valence-electron chi connectivity index (χ4n) is 1.57. The maximum atomic E-state index is 11.3. The third kappa shape index (κ3) is 5.73. The van der Waals surface area contributed by atoms with Crippen molar-refractivity contribution in [3.05, 3.63) is 34.4 Å². The zero-order valence-corrected chi connectivity index (χ0v) is 10.7. The highest BCUT2D eigenvalue weighted by molar-refractivity contribution is 9.11. The molecule has 82 valence electrons. The minimum atomic E-state index is 0.229. The molecule has 0 fully saturated rings. The van der Waals surface area contributed by atoms with Crippen molar-refractivity contribution in [2.45, 2.75) is 39.0 Å². The molecule has 0 amide bonds. The van der Waals surface area contributed by atoms with Crippen LogP contribution in [0.2, 0.25) is 0 Å². The zero-order valence-electron chi connectivity index (χ0n) is 9.13. The number of rotatable bonds is 0. The van der Waals surface area contributed by atoms with Crippen LogP contribution in [0.3, 0.4) is 0 Å². The number of ketones is 1. The molecule has 2 heteroatoms. The molecular formula is C13H17BrO. The van der Waals surface area contributed by atoms with Crippen molar-refractivity contribution < 1.29 is 4.79 Å². The van der Waals surface area contributed by atoms with Crippen LogP contribution in [0.4, 0.5) is 0 Å². The van der Waals surface area contributed by atoms with E-state index in [0.29, 0.717) is 6.42 Å². The SMILES string of the molecule is C\C1=C/C(Br)=C\C=C\C(=O)CCCCC1. The quantitative estimate of drug-likeness (QED) is 0.640. The number of carbonyl (C=O) groups excluding carboxylic acids is 1. The van der Waals surface area contributed by atoms with E-state index >= 15 is 0 Å². The first-order valence-corrected chi connectivity index (χ1v) is 6.21. The lowest BCUT2D eigenvalue weighted by Crippen LogP contribution is -1.92. The van der Waals surface area contributed by atoms with Gasteiger partial charge in [-0.1, -0.05) is 34.0 Å². The molecule has 1 nitrogen and oxygen atoms in total. The molecule has 0 radical (unpaired) electrons. The van der Waals surface area contributed by atoms with Crippen LogP contribution in [0.1, 0.15) is 39.0 Å². The normalized spacial score (nSPS) is 29.1. The van der Waals surface area contributed by atoms with Gasteiger partial charge in [0.15, 0.2) is 5.78 Å². The van der Waals surface area contributed by atoms with Gasteiger partial charge in [0.1, 0.15) is 0 Å². The molecule has 0 atom stereocenters. The van der Waals surface area contributed by atoms with Crippen molar-refractivity contribution >= 4 is 21.7 Å². The van der Waals surface area contributed by atoms with Gasteiger partial charge in [0.25, 0.3) is 0 Å². The molecule has 0 aromatic carbocycles. The molecule has 0 unspecified atom stereocenters. The van der Waals surface area contributed by atoms with E-state index in [-0.39, 0.29) is 5.78 Å². The van der Waals surface area contributed by atoms with Crippen LogP contribution in [0.15, 0.2) is 34.4 Å². The molecule has 1 aliphatic carbocycles. The molecule has 0 aromatic rings. The molecule has 0 saturated heterocycles. The second kappa shape index (κ2) is 6.78. The Kier molecular flexibility index (Phi) is 5.62. The number of carbonyl (C=O) groups is 1. The predicted octanol–water partition coefficient (Wildman–Crippen LogP) is 4.30. The number of halogens is 1. The Morgan fingerprint density at radius 3 is 2.73 bits per heavy atom. The van der Waals surface area contributed by atoms with E-state index in [1.807, 2.05) is 12.2 Å². The van der Waals surface area contributed by atoms with Crippen LogP contribution >= 0.6 is 15.9 Å². The van der Waals surface area contributed by atoms with E-state index in [1.54, 1.807) is 6.08 Å². The molecule has 1 rings (SSSR count). The first-order valence-electron chi connectivity index (χ1n) is 5.42. The predicted molar refractivity (Wildman–Crippen MR) is 68.0 cm³/mol. The van der Waals surface area contributed by atoms with Gasteiger partial charge in [0, 0.05) is 10.9 Å². The summed E-state index contributed by atoms with van der Waals surface area (Å²) in [5, 5.41) is 0. The first-order chi connectivity index (χ1) is 7.18. The summed E-state index contributed by atoms with van der Waals surface area (Å²) in [4.78, 5) is 11.3. The maximum Gasteiger partial charge on any atom is 0.155 e. The number of hydrogen-bond acceptors (Lipinski definition) is 1. The van der Waals surface area contributed by atoms with Crippen LogP contribution in [-0.4, -0.2) is 5.78 Å². The van der Waals surface area contributed by atoms with Gasteiger partial charge in [-0.2, -0.15) is 0 Å². The average molecular weight is 269 g/mol. The highest BCUT2D eigenvalue weighted by Gasteiger charge is 1.98. The van der Waals surface area contributed by atoms with Gasteiger partial charge >= 0.3 is 0 Å². The summed E-state index contributed by atoms with van der Waals surface area (Å²) < 4.78 is 1.03. The maximum absolute atomic E-state index is 11.3. The minimum Gasteiger partial charge on any atom is -0.295 e. The Hall–Kier alpha value is -0.630. The largest absolute Gasteiger partial charge is 0.295 e. The summed E-state index contributed by atoms with van der Waals surface area (Å²) in [5.74, 6) is 0.229. The molecule has 0 spiro atoms. The van der Waals surface area contributed by atoms with Gasteiger partial charge in [-0.25, -0.2) is 0 Å². The summed E-state index contributed by atoms with van der Waals surface area (Å²) in [6.07, 6.45) is 12.7. The van der Waals surface area contributed by atoms with E-state index in [4.69, 9.17) is 0 Å². The molecule has 0 aliphatic heterocycles. The Bertz CT molecular complexity index is 310. The number of hydrogen-bond donors (Lipinski definition) is 0. The van der Waals surface area contributed by atoms with Crippen molar-refractivity contribution in [1.82, 2.24) is 0 Å². The summed E-state index contributed by atoms with van der Waals surface area (Å²) in [6, 6.07) is 0. The van der Waals surface area contributed by atoms with Crippen LogP contribution in [-0.2, 0) is 4.79 Å². The van der Waals surface area contributed by atoms with Crippen molar-refractivity contribution in [3.8, 4) is 0 Å². The van der Waals surface area contributed by atoms with Crippen LogP contribution in [0.25, 0.3) is 0 Å². The monoisotopic (exact) mass is 268 g/mol. The van der Waals surface area contributed by atoms with Crippen LogP contribution in [0, 0.1) is 0 Å². The summed E-state index contributed by atoms with van der Waals surface area (Å²) in [6.45, 7) is 2.15. The van der Waals surface area contributed by atoms with Crippen molar-refractivity contribution in [1.29, 1.82) is 0 Å². The highest BCUT2D eigenvalue weighted by atomic mass is 79.9. The smallest absolute Gasteiger partial charge is 0.155 e. The summed E-state index contributed by atoms with van der Waals surface area (Å²) in [7, 11) is 0. The summed E-state index contributed by atoms with van der Waals surface area (Å²) >= 11 is 3.46. The van der Waals surface area contributed by atoms with Crippen LogP contribution < -0.4 is 0 Å². The second-order valence-electron chi connectivity index (χ2n) is 3.93. The van der Waals surface area contributed by atoms with Gasteiger partial charge in [0.2, 0.25) is 0 Å². The van der Waals surface area contributed by atoms with Crippen LogP contribution in [0.5, 0.6) is 0 Å². The fraction of sp³-hybridized carbons (Fsp3) is 0.462. The average Bonchev–Trinajstić information content (AvgIpc) is 2.15. The molecule has 15 heavy (non-hydrogen) atoms. The Balaban J connectivity index is 2.72. The molecule has 0 saturated carbocycles. The number of allylic oxidation sites excluding steroid dienone is 6. The minimum absolute atomic E-state index is 0.229. The van der Waals surface area contributed by atoms with E-state index in [2.05, 4.69) is 28.9 Å². The van der Waals surface area contributed by atoms with Crippen molar-refractivity contribution in [3.63, 3.8) is 0 Å². The van der Waals surface area contributed by atoms with Crippen molar-refractivity contribution in [2.24, 2.45) is 0 Å². The molecule has 1 aliphatic rings. The standard InChI is InChI=1S/C13H17BrO/c1-11-6-3-2-4-8-13(15)9-5-7-12(14)10-11/h5,7,9-10H,2-4,6,8H2,1H3/b9-5+,11-10+,12-7+. The lowest BCUT2D eigenvalue weighted by atomic mass is 10.1. The molecular weight excluding hydrogens is 252 g/mol. The zero-order chi connectivity index (χ0) is 11.1. The lowest BCUT2D eigenvalue weighted by molar-refractivity contribution is -0.114. The van der Waals surface area contributed by atoms with E-state index in [0.717, 1.165) is 23.7 Å².